The number of H-pyrrole nitrogens is 1. The lowest BCUT2D eigenvalue weighted by molar-refractivity contribution is 0.0946. The van der Waals surface area contributed by atoms with E-state index in [-0.39, 0.29) is 16.5 Å². The molecule has 0 radical (unpaired) electrons. The molecule has 9 heteroatoms. The molecule has 2 heterocycles. The fourth-order valence-electron chi connectivity index (χ4n) is 1.84. The van der Waals surface area contributed by atoms with Gasteiger partial charge in [0.1, 0.15) is 16.4 Å². The van der Waals surface area contributed by atoms with Crippen LogP contribution in [0.15, 0.2) is 29.6 Å². The number of imidazole rings is 1. The first kappa shape index (κ1) is 15.3. The van der Waals surface area contributed by atoms with E-state index in [0.29, 0.717) is 13.0 Å². The molecular formula is C12H17N5O3S. The summed E-state index contributed by atoms with van der Waals surface area (Å²) in [7, 11) is -0.609. The Morgan fingerprint density at radius 2 is 2.24 bits per heavy atom. The molecular weight excluding hydrogens is 294 g/mol. The van der Waals surface area contributed by atoms with Crippen molar-refractivity contribution in [3.8, 4) is 0 Å². The zero-order valence-electron chi connectivity index (χ0n) is 11.8. The second kappa shape index (κ2) is 6.10. The van der Waals surface area contributed by atoms with Crippen molar-refractivity contribution in [3.05, 3.63) is 36.2 Å². The van der Waals surface area contributed by atoms with Gasteiger partial charge in [-0.3, -0.25) is 4.79 Å². The van der Waals surface area contributed by atoms with Crippen molar-refractivity contribution in [1.82, 2.24) is 24.6 Å². The van der Waals surface area contributed by atoms with Gasteiger partial charge in [0, 0.05) is 38.6 Å². The van der Waals surface area contributed by atoms with Crippen LogP contribution in [0.25, 0.3) is 0 Å². The number of hydrogen-bond acceptors (Lipinski definition) is 4. The molecule has 21 heavy (non-hydrogen) atoms. The molecule has 0 aliphatic rings. The summed E-state index contributed by atoms with van der Waals surface area (Å²) in [6.45, 7) is 0.408. The van der Waals surface area contributed by atoms with E-state index < -0.39 is 10.0 Å². The zero-order chi connectivity index (χ0) is 15.5. The number of nitrogens with one attached hydrogen (secondary N) is 3. The summed E-state index contributed by atoms with van der Waals surface area (Å²) in [4.78, 5) is 19.1. The first-order valence-corrected chi connectivity index (χ1v) is 7.78. The van der Waals surface area contributed by atoms with Gasteiger partial charge in [-0.15, -0.1) is 0 Å². The third-order valence-corrected chi connectivity index (χ3v) is 4.38. The average Bonchev–Trinajstić information content (AvgIpc) is 3.08. The van der Waals surface area contributed by atoms with E-state index in [9.17, 15) is 13.2 Å². The van der Waals surface area contributed by atoms with Crippen molar-refractivity contribution in [2.24, 2.45) is 7.05 Å². The Balaban J connectivity index is 2.02. The standard InChI is InChI=1S/C12H17N5O3S/c1-13-21(19,20)9-7-10(17(2)8-9)12(18)16-4-3-11-14-5-6-15-11/h5-8,13H,3-4H2,1-2H3,(H,14,15)(H,16,18). The van der Waals surface area contributed by atoms with E-state index in [2.05, 4.69) is 20.0 Å². The number of hydrogen-bond donors (Lipinski definition) is 3. The number of aromatic nitrogens is 3. The number of sulfonamides is 1. The zero-order valence-corrected chi connectivity index (χ0v) is 12.6. The van der Waals surface area contributed by atoms with Crippen LogP contribution in [0.5, 0.6) is 0 Å². The molecule has 0 saturated heterocycles. The van der Waals surface area contributed by atoms with Gasteiger partial charge in [-0.1, -0.05) is 0 Å². The quantitative estimate of drug-likeness (QED) is 0.676. The SMILES string of the molecule is CNS(=O)(=O)c1cc(C(=O)NCCc2ncc[nH]2)n(C)c1. The first-order valence-electron chi connectivity index (χ1n) is 6.30. The maximum atomic E-state index is 12.0. The van der Waals surface area contributed by atoms with Crippen LogP contribution in [0.4, 0.5) is 0 Å². The molecule has 0 aliphatic heterocycles. The summed E-state index contributed by atoms with van der Waals surface area (Å²) in [6.07, 6.45) is 5.32. The normalized spacial score (nSPS) is 11.5. The Bertz CT molecular complexity index is 718. The second-order valence-corrected chi connectivity index (χ2v) is 6.31. The minimum Gasteiger partial charge on any atom is -0.350 e. The molecule has 0 aromatic carbocycles. The third kappa shape index (κ3) is 3.50. The summed E-state index contributed by atoms with van der Waals surface area (Å²) in [5.41, 5.74) is 0.281. The van der Waals surface area contributed by atoms with Crippen molar-refractivity contribution >= 4 is 15.9 Å². The maximum Gasteiger partial charge on any atom is 0.267 e. The van der Waals surface area contributed by atoms with Crippen molar-refractivity contribution in [3.63, 3.8) is 0 Å². The summed E-state index contributed by atoms with van der Waals surface area (Å²) in [6, 6.07) is 1.34. The minimum absolute atomic E-state index is 0.0590. The molecule has 0 fully saturated rings. The van der Waals surface area contributed by atoms with Crippen LogP contribution in [0.1, 0.15) is 16.3 Å². The molecule has 2 aromatic rings. The smallest absolute Gasteiger partial charge is 0.267 e. The number of carbonyl (C=O) groups excluding carboxylic acids is 1. The Hall–Kier alpha value is -2.13. The third-order valence-electron chi connectivity index (χ3n) is 2.99. The summed E-state index contributed by atoms with van der Waals surface area (Å²) in [5.74, 6) is 0.447. The van der Waals surface area contributed by atoms with E-state index in [0.717, 1.165) is 5.82 Å². The van der Waals surface area contributed by atoms with Crippen LogP contribution in [-0.4, -0.2) is 42.5 Å². The van der Waals surface area contributed by atoms with Crippen LogP contribution < -0.4 is 10.0 Å². The molecule has 0 spiro atoms. The van der Waals surface area contributed by atoms with Crippen LogP contribution in [0.2, 0.25) is 0 Å². The van der Waals surface area contributed by atoms with E-state index in [1.54, 1.807) is 19.4 Å². The van der Waals surface area contributed by atoms with Crippen LogP contribution in [0.3, 0.4) is 0 Å². The summed E-state index contributed by atoms with van der Waals surface area (Å²) < 4.78 is 27.1. The van der Waals surface area contributed by atoms with Crippen LogP contribution in [-0.2, 0) is 23.5 Å². The maximum absolute atomic E-state index is 12.0. The van der Waals surface area contributed by atoms with Crippen molar-refractivity contribution < 1.29 is 13.2 Å². The molecule has 0 bridgehead atoms. The summed E-state index contributed by atoms with van der Waals surface area (Å²) >= 11 is 0. The molecule has 0 unspecified atom stereocenters. The highest BCUT2D eigenvalue weighted by molar-refractivity contribution is 7.89. The van der Waals surface area contributed by atoms with Crippen molar-refractivity contribution in [2.75, 3.05) is 13.6 Å². The largest absolute Gasteiger partial charge is 0.350 e. The number of carbonyl (C=O) groups is 1. The number of aromatic amines is 1. The van der Waals surface area contributed by atoms with E-state index >= 15 is 0 Å². The highest BCUT2D eigenvalue weighted by atomic mass is 32.2. The van der Waals surface area contributed by atoms with Gasteiger partial charge >= 0.3 is 0 Å². The average molecular weight is 311 g/mol. The number of nitrogens with zero attached hydrogens (tertiary/aromatic N) is 2. The molecule has 0 saturated carbocycles. The number of rotatable bonds is 6. The molecule has 1 amide bonds. The monoisotopic (exact) mass is 311 g/mol. The predicted octanol–water partition coefficient (Wildman–Crippen LogP) is -0.371. The van der Waals surface area contributed by atoms with Gasteiger partial charge in [-0.25, -0.2) is 18.1 Å². The van der Waals surface area contributed by atoms with Gasteiger partial charge in [-0.05, 0) is 13.1 Å². The Labute approximate surface area is 122 Å². The minimum atomic E-state index is -3.56. The van der Waals surface area contributed by atoms with Crippen molar-refractivity contribution in [1.29, 1.82) is 0 Å². The summed E-state index contributed by atoms with van der Waals surface area (Å²) in [5, 5.41) is 2.73. The van der Waals surface area contributed by atoms with Gasteiger partial charge in [0.05, 0.1) is 0 Å². The molecule has 3 N–H and O–H groups in total. The molecule has 0 atom stereocenters. The highest BCUT2D eigenvalue weighted by Gasteiger charge is 2.18. The molecule has 8 nitrogen and oxygen atoms in total. The van der Waals surface area contributed by atoms with E-state index in [4.69, 9.17) is 0 Å². The Morgan fingerprint density at radius 3 is 2.86 bits per heavy atom. The topological polar surface area (TPSA) is 109 Å². The molecule has 2 rings (SSSR count). The number of aryl methyl sites for hydroxylation is 1. The lowest BCUT2D eigenvalue weighted by Gasteiger charge is -2.04. The van der Waals surface area contributed by atoms with Gasteiger partial charge < -0.3 is 14.9 Å². The van der Waals surface area contributed by atoms with Crippen LogP contribution >= 0.6 is 0 Å². The lowest BCUT2D eigenvalue weighted by atomic mass is 10.3. The molecule has 0 aliphatic carbocycles. The predicted molar refractivity (Wildman–Crippen MR) is 76.3 cm³/mol. The fraction of sp³-hybridized carbons (Fsp3) is 0.333. The molecule has 2 aromatic heterocycles. The number of amides is 1. The molecule has 114 valence electrons. The van der Waals surface area contributed by atoms with Gasteiger partial charge in [0.25, 0.3) is 5.91 Å². The first-order chi connectivity index (χ1) is 9.94. The lowest BCUT2D eigenvalue weighted by Crippen LogP contribution is -2.27. The highest BCUT2D eigenvalue weighted by Crippen LogP contribution is 2.12. The Kier molecular flexibility index (Phi) is 4.43. The van der Waals surface area contributed by atoms with Crippen LogP contribution in [0, 0.1) is 0 Å². The Morgan fingerprint density at radius 1 is 1.48 bits per heavy atom. The van der Waals surface area contributed by atoms with Gasteiger partial charge in [-0.2, -0.15) is 0 Å². The van der Waals surface area contributed by atoms with Gasteiger partial charge in [0.2, 0.25) is 10.0 Å². The van der Waals surface area contributed by atoms with Crippen molar-refractivity contribution in [2.45, 2.75) is 11.3 Å². The second-order valence-electron chi connectivity index (χ2n) is 4.42. The fourth-order valence-corrected chi connectivity index (χ4v) is 2.64. The van der Waals surface area contributed by atoms with Gasteiger partial charge in [0.15, 0.2) is 0 Å². The van der Waals surface area contributed by atoms with E-state index in [1.165, 1.54) is 23.9 Å². The van der Waals surface area contributed by atoms with E-state index in [1.807, 2.05) is 0 Å².